The SMILES string of the molecule is CC(C)(C)OC(=O)N1CCOC(COc2ccccc2Br)C1. The third-order valence-corrected chi connectivity index (χ3v) is 3.71. The number of carbonyl (C=O) groups excluding carboxylic acids is 1. The maximum absolute atomic E-state index is 12.1. The Morgan fingerprint density at radius 1 is 1.41 bits per heavy atom. The van der Waals surface area contributed by atoms with E-state index in [1.807, 2.05) is 45.0 Å². The van der Waals surface area contributed by atoms with Crippen LogP contribution in [-0.4, -0.2) is 49.0 Å². The molecule has 1 aromatic carbocycles. The molecule has 1 atom stereocenters. The summed E-state index contributed by atoms with van der Waals surface area (Å²) in [7, 11) is 0. The molecular formula is C16H22BrNO4. The normalized spacial score (nSPS) is 18.9. The van der Waals surface area contributed by atoms with E-state index in [0.717, 1.165) is 10.2 Å². The van der Waals surface area contributed by atoms with Crippen LogP contribution in [0, 0.1) is 0 Å². The molecule has 1 aliphatic heterocycles. The Labute approximate surface area is 139 Å². The lowest BCUT2D eigenvalue weighted by Gasteiger charge is -2.34. The van der Waals surface area contributed by atoms with Crippen LogP contribution >= 0.6 is 15.9 Å². The van der Waals surface area contributed by atoms with Crippen molar-refractivity contribution in [2.45, 2.75) is 32.5 Å². The number of amides is 1. The number of hydrogen-bond acceptors (Lipinski definition) is 4. The van der Waals surface area contributed by atoms with Crippen molar-refractivity contribution in [1.29, 1.82) is 0 Å². The van der Waals surface area contributed by atoms with Crippen LogP contribution in [0.15, 0.2) is 28.7 Å². The van der Waals surface area contributed by atoms with Crippen molar-refractivity contribution in [1.82, 2.24) is 4.90 Å². The Bertz CT molecular complexity index is 515. The Kier molecular flexibility index (Phi) is 5.69. The highest BCUT2D eigenvalue weighted by molar-refractivity contribution is 9.10. The molecule has 0 N–H and O–H groups in total. The molecule has 0 aliphatic carbocycles. The van der Waals surface area contributed by atoms with Gasteiger partial charge in [-0.1, -0.05) is 12.1 Å². The van der Waals surface area contributed by atoms with Crippen molar-refractivity contribution in [2.75, 3.05) is 26.3 Å². The second kappa shape index (κ2) is 7.33. The summed E-state index contributed by atoms with van der Waals surface area (Å²) >= 11 is 3.44. The summed E-state index contributed by atoms with van der Waals surface area (Å²) in [4.78, 5) is 13.8. The van der Waals surface area contributed by atoms with Gasteiger partial charge < -0.3 is 19.1 Å². The van der Waals surface area contributed by atoms with E-state index < -0.39 is 5.60 Å². The van der Waals surface area contributed by atoms with E-state index in [0.29, 0.717) is 26.3 Å². The average Bonchev–Trinajstić information content (AvgIpc) is 2.45. The summed E-state index contributed by atoms with van der Waals surface area (Å²) in [5.74, 6) is 0.764. The average molecular weight is 372 g/mol. The van der Waals surface area contributed by atoms with Crippen LogP contribution in [0.5, 0.6) is 5.75 Å². The highest BCUT2D eigenvalue weighted by atomic mass is 79.9. The second-order valence-corrected chi connectivity index (χ2v) is 7.01. The lowest BCUT2D eigenvalue weighted by atomic mass is 10.2. The first-order chi connectivity index (χ1) is 10.3. The van der Waals surface area contributed by atoms with Gasteiger partial charge in [-0.2, -0.15) is 0 Å². The van der Waals surface area contributed by atoms with Crippen LogP contribution in [-0.2, 0) is 9.47 Å². The molecule has 0 saturated carbocycles. The molecular weight excluding hydrogens is 350 g/mol. The monoisotopic (exact) mass is 371 g/mol. The van der Waals surface area contributed by atoms with Crippen LogP contribution in [0.1, 0.15) is 20.8 Å². The highest BCUT2D eigenvalue weighted by Gasteiger charge is 2.28. The van der Waals surface area contributed by atoms with Crippen LogP contribution in [0.25, 0.3) is 0 Å². The van der Waals surface area contributed by atoms with Gasteiger partial charge in [0, 0.05) is 6.54 Å². The fourth-order valence-corrected chi connectivity index (χ4v) is 2.46. The highest BCUT2D eigenvalue weighted by Crippen LogP contribution is 2.24. The second-order valence-electron chi connectivity index (χ2n) is 6.16. The lowest BCUT2D eigenvalue weighted by Crippen LogP contribution is -2.49. The molecule has 0 radical (unpaired) electrons. The minimum atomic E-state index is -0.490. The first-order valence-corrected chi connectivity index (χ1v) is 8.11. The van der Waals surface area contributed by atoms with E-state index >= 15 is 0 Å². The van der Waals surface area contributed by atoms with Gasteiger partial charge >= 0.3 is 6.09 Å². The lowest BCUT2D eigenvalue weighted by molar-refractivity contribution is -0.0557. The smallest absolute Gasteiger partial charge is 0.410 e. The number of ether oxygens (including phenoxy) is 3. The quantitative estimate of drug-likeness (QED) is 0.815. The molecule has 0 spiro atoms. The molecule has 2 rings (SSSR count). The molecule has 0 aromatic heterocycles. The van der Waals surface area contributed by atoms with Crippen LogP contribution in [0.4, 0.5) is 4.79 Å². The minimum Gasteiger partial charge on any atom is -0.490 e. The van der Waals surface area contributed by atoms with Crippen molar-refractivity contribution in [2.24, 2.45) is 0 Å². The molecule has 5 nitrogen and oxygen atoms in total. The van der Waals surface area contributed by atoms with Crippen molar-refractivity contribution in [3.8, 4) is 5.75 Å². The van der Waals surface area contributed by atoms with Gasteiger partial charge in [0.2, 0.25) is 0 Å². The van der Waals surface area contributed by atoms with Crippen molar-refractivity contribution < 1.29 is 19.0 Å². The number of benzene rings is 1. The zero-order valence-electron chi connectivity index (χ0n) is 13.2. The van der Waals surface area contributed by atoms with E-state index in [-0.39, 0.29) is 12.2 Å². The van der Waals surface area contributed by atoms with E-state index in [1.54, 1.807) is 4.90 Å². The van der Waals surface area contributed by atoms with E-state index in [1.165, 1.54) is 0 Å². The number of morpholine rings is 1. The van der Waals surface area contributed by atoms with Gasteiger partial charge in [-0.15, -0.1) is 0 Å². The first-order valence-electron chi connectivity index (χ1n) is 7.32. The maximum atomic E-state index is 12.1. The number of carbonyl (C=O) groups is 1. The molecule has 1 fully saturated rings. The maximum Gasteiger partial charge on any atom is 0.410 e. The third kappa shape index (κ3) is 5.18. The van der Waals surface area contributed by atoms with Crippen LogP contribution in [0.3, 0.4) is 0 Å². The largest absolute Gasteiger partial charge is 0.490 e. The summed E-state index contributed by atoms with van der Waals surface area (Å²) in [5, 5.41) is 0. The molecule has 1 heterocycles. The van der Waals surface area contributed by atoms with Gasteiger partial charge in [-0.25, -0.2) is 4.79 Å². The topological polar surface area (TPSA) is 48.0 Å². The molecule has 1 aliphatic rings. The van der Waals surface area contributed by atoms with Crippen LogP contribution in [0.2, 0.25) is 0 Å². The van der Waals surface area contributed by atoms with Gasteiger partial charge in [-0.05, 0) is 48.8 Å². The minimum absolute atomic E-state index is 0.159. The van der Waals surface area contributed by atoms with Gasteiger partial charge in [-0.3, -0.25) is 0 Å². The van der Waals surface area contributed by atoms with Crippen molar-refractivity contribution in [3.63, 3.8) is 0 Å². The summed E-state index contributed by atoms with van der Waals surface area (Å²) in [5.41, 5.74) is -0.490. The summed E-state index contributed by atoms with van der Waals surface area (Å²) in [6, 6.07) is 7.65. The van der Waals surface area contributed by atoms with Gasteiger partial charge in [0.15, 0.2) is 0 Å². The number of para-hydroxylation sites is 1. The van der Waals surface area contributed by atoms with Crippen LogP contribution < -0.4 is 4.74 Å². The molecule has 0 bridgehead atoms. The Morgan fingerprint density at radius 3 is 2.82 bits per heavy atom. The molecule has 22 heavy (non-hydrogen) atoms. The molecule has 1 unspecified atom stereocenters. The van der Waals surface area contributed by atoms with E-state index in [9.17, 15) is 4.79 Å². The Hall–Kier alpha value is -1.27. The van der Waals surface area contributed by atoms with Crippen molar-refractivity contribution >= 4 is 22.0 Å². The number of hydrogen-bond donors (Lipinski definition) is 0. The standard InChI is InChI=1S/C16H22BrNO4/c1-16(2,3)22-15(19)18-8-9-20-12(10-18)11-21-14-7-5-4-6-13(14)17/h4-7,12H,8-11H2,1-3H3. The molecule has 1 aromatic rings. The fraction of sp³-hybridized carbons (Fsp3) is 0.562. The van der Waals surface area contributed by atoms with Gasteiger partial charge in [0.1, 0.15) is 24.1 Å². The predicted octanol–water partition coefficient (Wildman–Crippen LogP) is 3.46. The fourth-order valence-electron chi connectivity index (χ4n) is 2.06. The predicted molar refractivity (Wildman–Crippen MR) is 87.2 cm³/mol. The zero-order chi connectivity index (χ0) is 16.2. The third-order valence-electron chi connectivity index (χ3n) is 3.05. The number of rotatable bonds is 3. The van der Waals surface area contributed by atoms with Gasteiger partial charge in [0.05, 0.1) is 17.6 Å². The molecule has 1 amide bonds. The summed E-state index contributed by atoms with van der Waals surface area (Å²) in [6.45, 7) is 7.47. The molecule has 6 heteroatoms. The summed E-state index contributed by atoms with van der Waals surface area (Å²) in [6.07, 6.45) is -0.463. The zero-order valence-corrected chi connectivity index (χ0v) is 14.8. The van der Waals surface area contributed by atoms with E-state index in [2.05, 4.69) is 15.9 Å². The number of halogens is 1. The van der Waals surface area contributed by atoms with E-state index in [4.69, 9.17) is 14.2 Å². The molecule has 122 valence electrons. The number of nitrogens with zero attached hydrogens (tertiary/aromatic N) is 1. The summed E-state index contributed by atoms with van der Waals surface area (Å²) < 4.78 is 17.7. The van der Waals surface area contributed by atoms with Gasteiger partial charge in [0.25, 0.3) is 0 Å². The Morgan fingerprint density at radius 2 is 2.14 bits per heavy atom. The molecule has 1 saturated heterocycles. The first kappa shape index (κ1) is 17.1. The van der Waals surface area contributed by atoms with Crippen molar-refractivity contribution in [3.05, 3.63) is 28.7 Å². The Balaban J connectivity index is 1.86.